The average Bonchev–Trinajstić information content (AvgIpc) is 2.71. The van der Waals surface area contributed by atoms with E-state index < -0.39 is 54.5 Å². The Kier molecular flexibility index (Phi) is 13.5. The van der Waals surface area contributed by atoms with Gasteiger partial charge in [-0.1, -0.05) is 6.92 Å². The van der Waals surface area contributed by atoms with Gasteiger partial charge in [-0.2, -0.15) is 0 Å². The predicted molar refractivity (Wildman–Crippen MR) is 112 cm³/mol. The summed E-state index contributed by atoms with van der Waals surface area (Å²) in [4.78, 5) is 46.6. The highest BCUT2D eigenvalue weighted by atomic mass is 16.7. The molecule has 1 amide bonds. The lowest BCUT2D eigenvalue weighted by atomic mass is 9.96. The van der Waals surface area contributed by atoms with Crippen molar-refractivity contribution in [3.63, 3.8) is 0 Å². The summed E-state index contributed by atoms with van der Waals surface area (Å²) in [6, 6.07) is -1.00. The molecule has 0 aromatic rings. The zero-order chi connectivity index (χ0) is 24.8. The summed E-state index contributed by atoms with van der Waals surface area (Å²) in [6.07, 6.45) is -3.52. The number of rotatable bonds is 14. The third kappa shape index (κ3) is 11.4. The fourth-order valence-corrected chi connectivity index (χ4v) is 3.12. The van der Waals surface area contributed by atoms with Crippen molar-refractivity contribution in [3.8, 4) is 0 Å². The van der Waals surface area contributed by atoms with E-state index >= 15 is 0 Å². The predicted octanol–water partition coefficient (Wildman–Crippen LogP) is 0.102. The van der Waals surface area contributed by atoms with Gasteiger partial charge < -0.3 is 38.5 Å². The van der Waals surface area contributed by atoms with Crippen LogP contribution in [0.3, 0.4) is 0 Å². The number of amides is 1. The SMILES string of the molecule is CCCOCCOCCOC1OC(COC(C)=O)C(OC(C)=O)[C@@H](OC(C)=O)C1NC(C)=O. The van der Waals surface area contributed by atoms with Crippen LogP contribution in [0.5, 0.6) is 0 Å². The molecule has 1 saturated heterocycles. The van der Waals surface area contributed by atoms with Gasteiger partial charge in [0.15, 0.2) is 18.5 Å². The second-order valence-corrected chi connectivity index (χ2v) is 7.32. The highest BCUT2D eigenvalue weighted by Crippen LogP contribution is 2.28. The van der Waals surface area contributed by atoms with E-state index in [-0.39, 0.29) is 19.8 Å². The second-order valence-electron chi connectivity index (χ2n) is 7.32. The summed E-state index contributed by atoms with van der Waals surface area (Å²) in [6.45, 7) is 8.32. The van der Waals surface area contributed by atoms with Gasteiger partial charge in [-0.3, -0.25) is 19.2 Å². The van der Waals surface area contributed by atoms with E-state index in [4.69, 9.17) is 33.2 Å². The molecule has 5 atom stereocenters. The van der Waals surface area contributed by atoms with Gasteiger partial charge in [0.1, 0.15) is 18.8 Å². The third-order valence-electron chi connectivity index (χ3n) is 4.30. The van der Waals surface area contributed by atoms with Gasteiger partial charge in [0.05, 0.1) is 26.4 Å². The summed E-state index contributed by atoms with van der Waals surface area (Å²) in [5.74, 6) is -2.37. The molecule has 12 heteroatoms. The molecule has 1 aliphatic rings. The molecule has 1 aliphatic heterocycles. The lowest BCUT2D eigenvalue weighted by Gasteiger charge is -2.44. The molecule has 0 bridgehead atoms. The summed E-state index contributed by atoms with van der Waals surface area (Å²) >= 11 is 0. The van der Waals surface area contributed by atoms with Gasteiger partial charge in [0, 0.05) is 34.3 Å². The van der Waals surface area contributed by atoms with Crippen molar-refractivity contribution in [3.05, 3.63) is 0 Å². The molecule has 0 radical (unpaired) electrons. The van der Waals surface area contributed by atoms with Crippen molar-refractivity contribution in [2.45, 2.75) is 71.7 Å². The normalized spacial score (nSPS) is 24.6. The van der Waals surface area contributed by atoms with E-state index in [9.17, 15) is 19.2 Å². The first-order chi connectivity index (χ1) is 15.6. The highest BCUT2D eigenvalue weighted by molar-refractivity contribution is 5.73. The van der Waals surface area contributed by atoms with E-state index in [0.29, 0.717) is 19.8 Å². The summed E-state index contributed by atoms with van der Waals surface area (Å²) in [5, 5.41) is 2.63. The molecule has 190 valence electrons. The van der Waals surface area contributed by atoms with Gasteiger partial charge >= 0.3 is 17.9 Å². The first-order valence-corrected chi connectivity index (χ1v) is 10.8. The third-order valence-corrected chi connectivity index (χ3v) is 4.30. The van der Waals surface area contributed by atoms with Crippen molar-refractivity contribution in [2.24, 2.45) is 0 Å². The fraction of sp³-hybridized carbons (Fsp3) is 0.810. The number of ether oxygens (including phenoxy) is 7. The van der Waals surface area contributed by atoms with Crippen LogP contribution in [0.25, 0.3) is 0 Å². The molecular formula is C21H35NO11. The van der Waals surface area contributed by atoms with Crippen LogP contribution in [0, 0.1) is 0 Å². The summed E-state index contributed by atoms with van der Waals surface area (Å²) in [7, 11) is 0. The minimum atomic E-state index is -1.16. The van der Waals surface area contributed by atoms with Gasteiger partial charge in [-0.25, -0.2) is 0 Å². The average molecular weight is 478 g/mol. The van der Waals surface area contributed by atoms with E-state index in [1.165, 1.54) is 27.7 Å². The Labute approximate surface area is 193 Å². The first-order valence-electron chi connectivity index (χ1n) is 10.8. The Morgan fingerprint density at radius 3 is 1.91 bits per heavy atom. The lowest BCUT2D eigenvalue weighted by Crippen LogP contribution is -2.66. The van der Waals surface area contributed by atoms with Crippen LogP contribution in [0.4, 0.5) is 0 Å². The maximum Gasteiger partial charge on any atom is 0.303 e. The maximum absolute atomic E-state index is 11.8. The van der Waals surface area contributed by atoms with E-state index in [1.807, 2.05) is 6.92 Å². The van der Waals surface area contributed by atoms with Crippen molar-refractivity contribution < 1.29 is 52.3 Å². The molecule has 1 rings (SSSR count). The Hall–Kier alpha value is -2.28. The Morgan fingerprint density at radius 1 is 0.788 bits per heavy atom. The molecular weight excluding hydrogens is 442 g/mol. The van der Waals surface area contributed by atoms with Gasteiger partial charge in [0.2, 0.25) is 5.91 Å². The van der Waals surface area contributed by atoms with E-state index in [0.717, 1.165) is 6.42 Å². The van der Waals surface area contributed by atoms with Gasteiger partial charge in [-0.15, -0.1) is 0 Å². The molecule has 0 spiro atoms. The monoisotopic (exact) mass is 477 g/mol. The molecule has 12 nitrogen and oxygen atoms in total. The number of carbonyl (C=O) groups excluding carboxylic acids is 4. The zero-order valence-corrected chi connectivity index (χ0v) is 19.8. The maximum atomic E-state index is 11.8. The zero-order valence-electron chi connectivity index (χ0n) is 19.8. The quantitative estimate of drug-likeness (QED) is 0.207. The molecule has 1 heterocycles. The Morgan fingerprint density at radius 2 is 1.36 bits per heavy atom. The van der Waals surface area contributed by atoms with E-state index in [1.54, 1.807) is 0 Å². The molecule has 0 saturated carbocycles. The van der Waals surface area contributed by atoms with Crippen LogP contribution in [0.2, 0.25) is 0 Å². The number of carbonyl (C=O) groups is 4. The second kappa shape index (κ2) is 15.5. The van der Waals surface area contributed by atoms with Crippen molar-refractivity contribution in [1.29, 1.82) is 0 Å². The molecule has 33 heavy (non-hydrogen) atoms. The molecule has 4 unspecified atom stereocenters. The summed E-state index contributed by atoms with van der Waals surface area (Å²) in [5.41, 5.74) is 0. The molecule has 1 N–H and O–H groups in total. The largest absolute Gasteiger partial charge is 0.463 e. The standard InChI is InChI=1S/C21H35NO11/c1-6-7-27-8-9-28-10-11-29-21-18(22-13(2)23)20(32-16(5)26)19(31-15(4)25)17(33-21)12-30-14(3)24/h17-21H,6-12H2,1-5H3,(H,22,23)/t17?,18?,19?,20-,21?/m0/s1. The van der Waals surface area contributed by atoms with Gasteiger partial charge in [-0.05, 0) is 6.42 Å². The van der Waals surface area contributed by atoms with Crippen LogP contribution in [-0.2, 0) is 52.3 Å². The van der Waals surface area contributed by atoms with E-state index in [2.05, 4.69) is 5.32 Å². The Balaban J connectivity index is 2.95. The highest BCUT2D eigenvalue weighted by Gasteiger charge is 2.51. The number of nitrogens with one attached hydrogen (secondary N) is 1. The topological polar surface area (TPSA) is 145 Å². The van der Waals surface area contributed by atoms with Crippen LogP contribution in [0.1, 0.15) is 41.0 Å². The summed E-state index contributed by atoms with van der Waals surface area (Å²) < 4.78 is 38.1. The molecule has 0 aliphatic carbocycles. The number of esters is 3. The number of hydrogen-bond acceptors (Lipinski definition) is 11. The van der Waals surface area contributed by atoms with Crippen molar-refractivity contribution >= 4 is 23.8 Å². The minimum Gasteiger partial charge on any atom is -0.463 e. The fourth-order valence-electron chi connectivity index (χ4n) is 3.12. The van der Waals surface area contributed by atoms with Crippen LogP contribution < -0.4 is 5.32 Å². The molecule has 0 aromatic heterocycles. The van der Waals surface area contributed by atoms with Crippen LogP contribution >= 0.6 is 0 Å². The molecule has 1 fully saturated rings. The smallest absolute Gasteiger partial charge is 0.303 e. The molecule has 0 aromatic carbocycles. The van der Waals surface area contributed by atoms with Crippen LogP contribution in [0.15, 0.2) is 0 Å². The minimum absolute atomic E-state index is 0.0832. The lowest BCUT2D eigenvalue weighted by molar-refractivity contribution is -0.279. The van der Waals surface area contributed by atoms with Crippen molar-refractivity contribution in [2.75, 3.05) is 39.6 Å². The van der Waals surface area contributed by atoms with Crippen LogP contribution in [-0.4, -0.2) is 94.1 Å². The number of hydrogen-bond donors (Lipinski definition) is 1. The van der Waals surface area contributed by atoms with Gasteiger partial charge in [0.25, 0.3) is 0 Å². The van der Waals surface area contributed by atoms with Crippen molar-refractivity contribution in [1.82, 2.24) is 5.32 Å². The Bertz CT molecular complexity index is 642. The first kappa shape index (κ1) is 28.8.